The Kier molecular flexibility index (Phi) is 4.97. The number of benzene rings is 1. The maximum atomic E-state index is 12.5. The van der Waals surface area contributed by atoms with Gasteiger partial charge in [0.25, 0.3) is 5.56 Å². The van der Waals surface area contributed by atoms with Gasteiger partial charge in [-0.05, 0) is 30.9 Å². The van der Waals surface area contributed by atoms with Crippen LogP contribution in [0, 0.1) is 5.92 Å². The number of aryl methyl sites for hydroxylation is 1. The molecule has 4 rings (SSSR count). The van der Waals surface area contributed by atoms with E-state index in [9.17, 15) is 4.79 Å². The molecule has 0 radical (unpaired) electrons. The van der Waals surface area contributed by atoms with Crippen LogP contribution in [0.5, 0.6) is 0 Å². The van der Waals surface area contributed by atoms with Crippen LogP contribution in [0.2, 0.25) is 0 Å². The lowest BCUT2D eigenvalue weighted by molar-refractivity contribution is -0.00628. The van der Waals surface area contributed by atoms with Gasteiger partial charge in [0.2, 0.25) is 5.78 Å². The van der Waals surface area contributed by atoms with Gasteiger partial charge in [-0.1, -0.05) is 26.0 Å². The van der Waals surface area contributed by atoms with Crippen LogP contribution < -0.4 is 5.56 Å². The van der Waals surface area contributed by atoms with Crippen LogP contribution in [0.4, 0.5) is 0 Å². The molecule has 7 heteroatoms. The Hall–Kier alpha value is -2.25. The molecular weight excluding hydrogens is 342 g/mol. The van der Waals surface area contributed by atoms with E-state index in [0.29, 0.717) is 23.2 Å². The van der Waals surface area contributed by atoms with Gasteiger partial charge in [-0.3, -0.25) is 18.7 Å². The standard InChI is InChI=1S/C20H27N5O2/c1-14(2)13-27-15-8-10-24(11-9-15)12-18-21-22-20-23(3)19(26)16-6-4-5-7-17(16)25(18)20/h4-7,14-15H,8-13H2,1-3H3. The Morgan fingerprint density at radius 2 is 1.93 bits per heavy atom. The third-order valence-corrected chi connectivity index (χ3v) is 5.26. The van der Waals surface area contributed by atoms with E-state index in [2.05, 4.69) is 28.9 Å². The van der Waals surface area contributed by atoms with Crippen molar-refractivity contribution in [3.05, 3.63) is 40.4 Å². The molecule has 0 spiro atoms. The molecule has 1 aliphatic heterocycles. The molecule has 144 valence electrons. The molecule has 0 bridgehead atoms. The largest absolute Gasteiger partial charge is 0.378 e. The number of hydrogen-bond donors (Lipinski definition) is 0. The van der Waals surface area contributed by atoms with Gasteiger partial charge in [0, 0.05) is 26.7 Å². The smallest absolute Gasteiger partial charge is 0.262 e. The first-order valence-electron chi connectivity index (χ1n) is 9.70. The number of nitrogens with zero attached hydrogens (tertiary/aromatic N) is 5. The van der Waals surface area contributed by atoms with Gasteiger partial charge in [0.1, 0.15) is 0 Å². The maximum Gasteiger partial charge on any atom is 0.262 e. The van der Waals surface area contributed by atoms with Crippen LogP contribution in [0.1, 0.15) is 32.5 Å². The molecule has 0 saturated carbocycles. The Morgan fingerprint density at radius 3 is 2.67 bits per heavy atom. The van der Waals surface area contributed by atoms with Gasteiger partial charge in [-0.15, -0.1) is 10.2 Å². The first kappa shape index (κ1) is 18.1. The topological polar surface area (TPSA) is 64.7 Å². The van der Waals surface area contributed by atoms with Gasteiger partial charge >= 0.3 is 0 Å². The summed E-state index contributed by atoms with van der Waals surface area (Å²) in [6.45, 7) is 7.90. The fraction of sp³-hybridized carbons (Fsp3) is 0.550. The molecule has 1 aliphatic rings. The first-order valence-corrected chi connectivity index (χ1v) is 9.70. The molecule has 27 heavy (non-hydrogen) atoms. The van der Waals surface area contributed by atoms with Gasteiger partial charge in [0.05, 0.1) is 23.6 Å². The van der Waals surface area contributed by atoms with Gasteiger partial charge < -0.3 is 4.74 Å². The van der Waals surface area contributed by atoms with Crippen LogP contribution in [0.15, 0.2) is 29.1 Å². The Morgan fingerprint density at radius 1 is 1.19 bits per heavy atom. The summed E-state index contributed by atoms with van der Waals surface area (Å²) < 4.78 is 9.57. The lowest BCUT2D eigenvalue weighted by Gasteiger charge is -2.31. The van der Waals surface area contributed by atoms with Crippen molar-refractivity contribution in [3.63, 3.8) is 0 Å². The summed E-state index contributed by atoms with van der Waals surface area (Å²) in [5.74, 6) is 2.03. The molecule has 0 N–H and O–H groups in total. The second kappa shape index (κ2) is 7.40. The third kappa shape index (κ3) is 3.49. The van der Waals surface area contributed by atoms with E-state index in [1.54, 1.807) is 11.6 Å². The lowest BCUT2D eigenvalue weighted by Crippen LogP contribution is -2.37. The number of piperidine rings is 1. The Bertz CT molecular complexity index is 999. The van der Waals surface area contributed by atoms with E-state index >= 15 is 0 Å². The van der Waals surface area contributed by atoms with E-state index in [1.807, 2.05) is 28.7 Å². The summed E-state index contributed by atoms with van der Waals surface area (Å²) in [5, 5.41) is 9.37. The van der Waals surface area contributed by atoms with Crippen molar-refractivity contribution in [2.75, 3.05) is 19.7 Å². The summed E-state index contributed by atoms with van der Waals surface area (Å²) in [5.41, 5.74) is 0.825. The fourth-order valence-electron chi connectivity index (χ4n) is 3.76. The summed E-state index contributed by atoms with van der Waals surface area (Å²) in [6.07, 6.45) is 2.45. The molecule has 1 aromatic carbocycles. The lowest BCUT2D eigenvalue weighted by atomic mass is 10.1. The summed E-state index contributed by atoms with van der Waals surface area (Å²) in [4.78, 5) is 14.9. The number of hydrogen-bond acceptors (Lipinski definition) is 5. The van der Waals surface area contributed by atoms with Crippen molar-refractivity contribution < 1.29 is 4.74 Å². The zero-order valence-electron chi connectivity index (χ0n) is 16.3. The van der Waals surface area contributed by atoms with Gasteiger partial charge in [-0.2, -0.15) is 0 Å². The molecule has 0 aliphatic carbocycles. The molecule has 1 fully saturated rings. The van der Waals surface area contributed by atoms with Crippen LogP contribution in [0.3, 0.4) is 0 Å². The monoisotopic (exact) mass is 369 g/mol. The third-order valence-electron chi connectivity index (χ3n) is 5.26. The highest BCUT2D eigenvalue weighted by Gasteiger charge is 2.22. The summed E-state index contributed by atoms with van der Waals surface area (Å²) in [7, 11) is 1.75. The molecule has 0 unspecified atom stereocenters. The molecule has 3 heterocycles. The van der Waals surface area contributed by atoms with Gasteiger partial charge in [0.15, 0.2) is 5.82 Å². The fourth-order valence-corrected chi connectivity index (χ4v) is 3.76. The van der Waals surface area contributed by atoms with Crippen molar-refractivity contribution in [1.82, 2.24) is 24.1 Å². The second-order valence-corrected chi connectivity index (χ2v) is 7.84. The van der Waals surface area contributed by atoms with Crippen LogP contribution in [-0.4, -0.2) is 49.9 Å². The number of ether oxygens (including phenoxy) is 1. The molecule has 2 aromatic heterocycles. The van der Waals surface area contributed by atoms with Gasteiger partial charge in [-0.25, -0.2) is 0 Å². The number of aromatic nitrogens is 4. The zero-order valence-corrected chi connectivity index (χ0v) is 16.3. The van der Waals surface area contributed by atoms with E-state index < -0.39 is 0 Å². The molecular formula is C20H27N5O2. The number of fused-ring (bicyclic) bond motifs is 3. The second-order valence-electron chi connectivity index (χ2n) is 7.84. The van der Waals surface area contributed by atoms with Crippen molar-refractivity contribution in [2.45, 2.75) is 39.3 Å². The predicted octanol–water partition coefficient (Wildman–Crippen LogP) is 2.22. The van der Waals surface area contributed by atoms with Crippen molar-refractivity contribution >= 4 is 16.7 Å². The Labute approximate surface area is 158 Å². The van der Waals surface area contributed by atoms with Crippen LogP contribution >= 0.6 is 0 Å². The molecule has 0 atom stereocenters. The first-order chi connectivity index (χ1) is 13.0. The zero-order chi connectivity index (χ0) is 19.0. The highest BCUT2D eigenvalue weighted by atomic mass is 16.5. The SMILES string of the molecule is CC(C)COC1CCN(Cc2nnc3n(C)c(=O)c4ccccc4n23)CC1. The number of likely N-dealkylation sites (tertiary alicyclic amines) is 1. The predicted molar refractivity (Wildman–Crippen MR) is 105 cm³/mol. The van der Waals surface area contributed by atoms with Crippen LogP contribution in [-0.2, 0) is 18.3 Å². The maximum absolute atomic E-state index is 12.5. The average molecular weight is 369 g/mol. The highest BCUT2D eigenvalue weighted by molar-refractivity contribution is 5.80. The minimum atomic E-state index is -0.0415. The number of rotatable bonds is 5. The summed E-state index contributed by atoms with van der Waals surface area (Å²) in [6, 6.07) is 7.66. The quantitative estimate of drug-likeness (QED) is 0.690. The average Bonchev–Trinajstić information content (AvgIpc) is 3.09. The van der Waals surface area contributed by atoms with E-state index in [1.165, 1.54) is 0 Å². The molecule has 0 amide bonds. The summed E-state index contributed by atoms with van der Waals surface area (Å²) >= 11 is 0. The highest BCUT2D eigenvalue weighted by Crippen LogP contribution is 2.19. The number of para-hydroxylation sites is 1. The van der Waals surface area contributed by atoms with E-state index in [-0.39, 0.29) is 5.56 Å². The van der Waals surface area contributed by atoms with Crippen molar-refractivity contribution in [3.8, 4) is 0 Å². The van der Waals surface area contributed by atoms with E-state index in [4.69, 9.17) is 4.74 Å². The molecule has 1 saturated heterocycles. The minimum absolute atomic E-state index is 0.0415. The van der Waals surface area contributed by atoms with Crippen LogP contribution in [0.25, 0.3) is 16.7 Å². The minimum Gasteiger partial charge on any atom is -0.378 e. The van der Waals surface area contributed by atoms with Crippen molar-refractivity contribution in [2.24, 2.45) is 13.0 Å². The molecule has 7 nitrogen and oxygen atoms in total. The Balaban J connectivity index is 1.57. The molecule has 3 aromatic rings. The normalized spacial score (nSPS) is 16.7. The van der Waals surface area contributed by atoms with Crippen molar-refractivity contribution in [1.29, 1.82) is 0 Å². The van der Waals surface area contributed by atoms with E-state index in [0.717, 1.165) is 50.4 Å².